The van der Waals surface area contributed by atoms with Gasteiger partial charge in [0, 0.05) is 57.2 Å². The lowest BCUT2D eigenvalue weighted by molar-refractivity contribution is 0.483. The van der Waals surface area contributed by atoms with Crippen LogP contribution in [0, 0.1) is 0 Å². The van der Waals surface area contributed by atoms with Crippen LogP contribution in [0.15, 0.2) is 291 Å². The summed E-state index contributed by atoms with van der Waals surface area (Å²) in [6, 6.07) is 106. The second kappa shape index (κ2) is 22.5. The van der Waals surface area contributed by atoms with Crippen molar-refractivity contribution in [2.24, 2.45) is 0 Å². The van der Waals surface area contributed by atoms with Gasteiger partial charge in [-0.1, -0.05) is 250 Å². The fourth-order valence-corrected chi connectivity index (χ4v) is 15.7. The molecule has 0 saturated heterocycles. The van der Waals surface area contributed by atoms with Gasteiger partial charge in [0.05, 0.1) is 44.9 Å². The molecule has 0 N–H and O–H groups in total. The van der Waals surface area contributed by atoms with Crippen LogP contribution in [0.25, 0.3) is 72.1 Å². The third-order valence-electron chi connectivity index (χ3n) is 20.6. The molecule has 17 rings (SSSR count). The van der Waals surface area contributed by atoms with E-state index in [0.29, 0.717) is 6.67 Å². The van der Waals surface area contributed by atoms with Crippen molar-refractivity contribution in [3.05, 3.63) is 330 Å². The number of fused-ring (bicyclic) bond motifs is 13. The van der Waals surface area contributed by atoms with E-state index in [2.05, 4.69) is 367 Å². The standard InChI is InChI=1S/C91H77N5O/c1-88(2,3)63-45-41-59(42-46-63)61-44-50-86(92-57-61)96-80-36-18-14-30-73(80)74-48-47-69(56-85(74)96)97-68-28-23-27-67(55-68)93-58-94(84-40-22-21-39-83(84)93)87-70(31-24-32-71(87)62-51-64(89(4,5)6)54-65(52-62)90(7,8)9)60-43-49-77-75(53-60)72-29-13-15-33-76(72)91(77)78-34-16-19-37-81(78)95(66-25-11-10-12-26-66)82-38-20-17-35-79(82)91/h10-57H,58H2,1-9H3. The van der Waals surface area contributed by atoms with Gasteiger partial charge in [0.1, 0.15) is 24.0 Å². The lowest BCUT2D eigenvalue weighted by Gasteiger charge is -2.45. The summed E-state index contributed by atoms with van der Waals surface area (Å²) < 4.78 is 9.27. The first-order chi connectivity index (χ1) is 47.0. The van der Waals surface area contributed by atoms with Gasteiger partial charge in [-0.2, -0.15) is 0 Å². The van der Waals surface area contributed by atoms with E-state index in [9.17, 15) is 0 Å². The van der Waals surface area contributed by atoms with Crippen molar-refractivity contribution >= 4 is 61.6 Å². The number of pyridine rings is 1. The fraction of sp³-hybridized carbons (Fsp3) is 0.154. The summed E-state index contributed by atoms with van der Waals surface area (Å²) in [5, 5.41) is 2.30. The van der Waals surface area contributed by atoms with Gasteiger partial charge < -0.3 is 19.4 Å². The van der Waals surface area contributed by atoms with Crippen molar-refractivity contribution in [3.8, 4) is 61.8 Å². The summed E-state index contributed by atoms with van der Waals surface area (Å²) in [5.41, 5.74) is 27.9. The predicted octanol–water partition coefficient (Wildman–Crippen LogP) is 24.3. The van der Waals surface area contributed by atoms with Gasteiger partial charge in [-0.25, -0.2) is 4.98 Å². The highest BCUT2D eigenvalue weighted by molar-refractivity contribution is 6.10. The van der Waals surface area contributed by atoms with E-state index in [1.807, 2.05) is 6.20 Å². The lowest BCUT2D eigenvalue weighted by atomic mass is 9.64. The minimum atomic E-state index is -0.575. The summed E-state index contributed by atoms with van der Waals surface area (Å²) >= 11 is 0. The molecule has 6 heteroatoms. The molecular formula is C91H77N5O. The maximum atomic E-state index is 7.01. The van der Waals surface area contributed by atoms with Gasteiger partial charge >= 0.3 is 0 Å². The first-order valence-electron chi connectivity index (χ1n) is 34.1. The number of hydrogen-bond acceptors (Lipinski definition) is 5. The average Bonchev–Trinajstić information content (AvgIpc) is 1.56. The van der Waals surface area contributed by atoms with Gasteiger partial charge in [0.2, 0.25) is 0 Å². The molecule has 0 unspecified atom stereocenters. The predicted molar refractivity (Wildman–Crippen MR) is 405 cm³/mol. The summed E-state index contributed by atoms with van der Waals surface area (Å²) in [5.74, 6) is 2.34. The Hall–Kier alpha value is -11.2. The lowest BCUT2D eigenvalue weighted by Crippen LogP contribution is -2.36. The van der Waals surface area contributed by atoms with E-state index in [1.54, 1.807) is 0 Å². The van der Waals surface area contributed by atoms with E-state index in [4.69, 9.17) is 9.72 Å². The Morgan fingerprint density at radius 1 is 0.340 bits per heavy atom. The van der Waals surface area contributed by atoms with Crippen molar-refractivity contribution in [3.63, 3.8) is 0 Å². The summed E-state index contributed by atoms with van der Waals surface area (Å²) in [7, 11) is 0. The van der Waals surface area contributed by atoms with Crippen molar-refractivity contribution in [2.45, 2.75) is 84.0 Å². The third kappa shape index (κ3) is 9.78. The van der Waals surface area contributed by atoms with Crippen LogP contribution in [0.4, 0.5) is 39.8 Å². The van der Waals surface area contributed by atoms with E-state index >= 15 is 0 Å². The van der Waals surface area contributed by atoms with Gasteiger partial charge in [-0.05, 0) is 168 Å². The number of anilines is 7. The molecule has 2 aromatic heterocycles. The zero-order valence-electron chi connectivity index (χ0n) is 56.6. The number of para-hydroxylation sites is 7. The third-order valence-corrected chi connectivity index (χ3v) is 20.6. The first kappa shape index (κ1) is 59.5. The molecular weight excluding hydrogens is 1180 g/mol. The second-order valence-electron chi connectivity index (χ2n) is 29.6. The Morgan fingerprint density at radius 2 is 0.876 bits per heavy atom. The Labute approximate surface area is 570 Å². The number of rotatable bonds is 9. The van der Waals surface area contributed by atoms with Crippen LogP contribution in [-0.4, -0.2) is 16.2 Å². The SMILES string of the molecule is CC(C)(C)c1ccc(-c2ccc(-n3c4ccccc4c4ccc(Oc5cccc(N6CN(c7c(-c8cc(C(C)(C)C)cc(C(C)(C)C)c8)cccc7-c7ccc8c(c7)-c7ccccc7C87c8ccccc8N(c8ccccc8)c8ccccc87)c7ccccc76)c5)cc43)nc2)cc1. The molecule has 97 heavy (non-hydrogen) atoms. The molecule has 472 valence electrons. The van der Waals surface area contributed by atoms with Crippen LogP contribution in [0.2, 0.25) is 0 Å². The van der Waals surface area contributed by atoms with Gasteiger partial charge in [-0.15, -0.1) is 0 Å². The second-order valence-corrected chi connectivity index (χ2v) is 29.6. The van der Waals surface area contributed by atoms with Gasteiger partial charge in [0.25, 0.3) is 0 Å². The summed E-state index contributed by atoms with van der Waals surface area (Å²) in [6.07, 6.45) is 1.99. The Bertz CT molecular complexity index is 5350. The first-order valence-corrected chi connectivity index (χ1v) is 34.1. The van der Waals surface area contributed by atoms with Crippen LogP contribution in [-0.2, 0) is 21.7 Å². The highest BCUT2D eigenvalue weighted by Gasteiger charge is 2.52. The molecule has 0 amide bonds. The maximum Gasteiger partial charge on any atom is 0.137 e. The minimum absolute atomic E-state index is 0.0832. The highest BCUT2D eigenvalue weighted by atomic mass is 16.5. The van der Waals surface area contributed by atoms with Gasteiger partial charge in [-0.3, -0.25) is 4.57 Å². The zero-order chi connectivity index (χ0) is 66.1. The topological polar surface area (TPSA) is 36.8 Å². The fourth-order valence-electron chi connectivity index (χ4n) is 15.7. The Kier molecular flexibility index (Phi) is 13.8. The summed E-state index contributed by atoms with van der Waals surface area (Å²) in [6.45, 7) is 21.3. The van der Waals surface area contributed by atoms with E-state index in [-0.39, 0.29) is 16.2 Å². The molecule has 14 aromatic rings. The molecule has 0 saturated carbocycles. The van der Waals surface area contributed by atoms with E-state index in [1.165, 1.54) is 72.6 Å². The molecule has 0 bridgehead atoms. The molecule has 1 spiro atoms. The summed E-state index contributed by atoms with van der Waals surface area (Å²) in [4.78, 5) is 12.6. The average molecular weight is 1260 g/mol. The van der Waals surface area contributed by atoms with Crippen LogP contribution >= 0.6 is 0 Å². The largest absolute Gasteiger partial charge is 0.457 e. The highest BCUT2D eigenvalue weighted by Crippen LogP contribution is 2.64. The molecule has 2 aliphatic heterocycles. The Balaban J connectivity index is 0.778. The molecule has 1 aliphatic carbocycles. The molecule has 6 nitrogen and oxygen atoms in total. The molecule has 0 atom stereocenters. The molecule has 12 aromatic carbocycles. The monoisotopic (exact) mass is 1260 g/mol. The quantitative estimate of drug-likeness (QED) is 0.144. The van der Waals surface area contributed by atoms with Crippen LogP contribution in [0.5, 0.6) is 11.5 Å². The van der Waals surface area contributed by atoms with E-state index in [0.717, 1.165) is 89.8 Å². The molecule has 0 fully saturated rings. The number of benzene rings is 12. The van der Waals surface area contributed by atoms with Crippen LogP contribution in [0.1, 0.15) is 101 Å². The number of ether oxygens (including phenoxy) is 1. The van der Waals surface area contributed by atoms with Crippen molar-refractivity contribution in [1.29, 1.82) is 0 Å². The van der Waals surface area contributed by atoms with Crippen LogP contribution < -0.4 is 19.4 Å². The Morgan fingerprint density at radius 3 is 1.56 bits per heavy atom. The smallest absolute Gasteiger partial charge is 0.137 e. The zero-order valence-corrected chi connectivity index (χ0v) is 56.6. The van der Waals surface area contributed by atoms with Crippen molar-refractivity contribution in [1.82, 2.24) is 9.55 Å². The van der Waals surface area contributed by atoms with Crippen LogP contribution in [0.3, 0.4) is 0 Å². The molecule has 0 radical (unpaired) electrons. The minimum Gasteiger partial charge on any atom is -0.457 e. The molecule has 3 aliphatic rings. The number of nitrogens with zero attached hydrogens (tertiary/aromatic N) is 5. The number of hydrogen-bond donors (Lipinski definition) is 0. The maximum absolute atomic E-state index is 7.01. The van der Waals surface area contributed by atoms with E-state index < -0.39 is 5.41 Å². The normalized spacial score (nSPS) is 13.8. The molecule has 4 heterocycles. The van der Waals surface area contributed by atoms with Crippen molar-refractivity contribution in [2.75, 3.05) is 21.4 Å². The van der Waals surface area contributed by atoms with Gasteiger partial charge in [0.15, 0.2) is 0 Å². The number of aromatic nitrogens is 2. The van der Waals surface area contributed by atoms with Crippen molar-refractivity contribution < 1.29 is 4.74 Å².